The van der Waals surface area contributed by atoms with Gasteiger partial charge in [-0.05, 0) is 45.4 Å². The van der Waals surface area contributed by atoms with Crippen molar-refractivity contribution in [3.63, 3.8) is 0 Å². The molecule has 1 heterocycles. The molecule has 0 radical (unpaired) electrons. The van der Waals surface area contributed by atoms with Crippen molar-refractivity contribution in [2.24, 2.45) is 0 Å². The zero-order valence-electron chi connectivity index (χ0n) is 11.1. The van der Waals surface area contributed by atoms with E-state index in [0.29, 0.717) is 17.1 Å². The first kappa shape index (κ1) is 12.7. The molecule has 2 rings (SSSR count). The molecule has 0 saturated heterocycles. The van der Waals surface area contributed by atoms with Crippen LogP contribution in [0.4, 0.5) is 0 Å². The van der Waals surface area contributed by atoms with E-state index in [-0.39, 0.29) is 6.42 Å². The van der Waals surface area contributed by atoms with E-state index in [1.165, 1.54) is 0 Å². The molecule has 1 aromatic carbocycles. The lowest BCUT2D eigenvalue weighted by Gasteiger charge is -2.45. The monoisotopic (exact) mass is 250 g/mol. The minimum atomic E-state index is -0.855. The zero-order chi connectivity index (χ0) is 13.6. The largest absolute Gasteiger partial charge is 0.481 e. The van der Waals surface area contributed by atoms with Crippen LogP contribution in [0.15, 0.2) is 18.2 Å². The van der Waals surface area contributed by atoms with Crippen LogP contribution in [-0.4, -0.2) is 22.3 Å². The van der Waals surface area contributed by atoms with E-state index in [2.05, 4.69) is 0 Å². The Labute approximate surface area is 107 Å². The minimum Gasteiger partial charge on any atom is -0.481 e. The topological polar surface area (TPSA) is 55.8 Å². The van der Waals surface area contributed by atoms with Gasteiger partial charge in [-0.1, -0.05) is 6.07 Å². The molecule has 1 aliphatic heterocycles. The summed E-state index contributed by atoms with van der Waals surface area (Å²) in [5, 5.41) is 8.78. The van der Waals surface area contributed by atoms with Gasteiger partial charge in [-0.25, -0.2) is 0 Å². The summed E-state index contributed by atoms with van der Waals surface area (Å²) >= 11 is 0. The van der Waals surface area contributed by atoms with Gasteiger partial charge in [0.1, 0.15) is 11.2 Å². The highest BCUT2D eigenvalue weighted by molar-refractivity contribution is 5.70. The molecule has 0 amide bonds. The summed E-state index contributed by atoms with van der Waals surface area (Å²) in [5.74, 6) is 0.415. The first-order chi connectivity index (χ1) is 8.21. The third kappa shape index (κ3) is 2.15. The SMILES string of the molecule is CC1(C)Oc2ccc(CC(=O)O)cc2OC1(C)C. The Morgan fingerprint density at radius 3 is 2.22 bits per heavy atom. The molecule has 0 spiro atoms. The van der Waals surface area contributed by atoms with E-state index in [9.17, 15) is 4.79 Å². The molecule has 0 saturated carbocycles. The molecule has 0 unspecified atom stereocenters. The maximum absolute atomic E-state index is 10.7. The van der Waals surface area contributed by atoms with Gasteiger partial charge < -0.3 is 14.6 Å². The molecule has 0 atom stereocenters. The predicted molar refractivity (Wildman–Crippen MR) is 67.2 cm³/mol. The lowest BCUT2D eigenvalue weighted by Crippen LogP contribution is -2.56. The number of hydrogen-bond donors (Lipinski definition) is 1. The van der Waals surface area contributed by atoms with Crippen LogP contribution in [0.5, 0.6) is 11.5 Å². The van der Waals surface area contributed by atoms with Crippen molar-refractivity contribution in [1.29, 1.82) is 0 Å². The Kier molecular flexibility index (Phi) is 2.76. The van der Waals surface area contributed by atoms with Crippen molar-refractivity contribution in [3.05, 3.63) is 23.8 Å². The quantitative estimate of drug-likeness (QED) is 0.876. The van der Waals surface area contributed by atoms with E-state index in [1.54, 1.807) is 18.2 Å². The third-order valence-electron chi connectivity index (χ3n) is 3.54. The van der Waals surface area contributed by atoms with Gasteiger partial charge >= 0.3 is 5.97 Å². The number of rotatable bonds is 2. The van der Waals surface area contributed by atoms with Crippen LogP contribution in [0.1, 0.15) is 33.3 Å². The van der Waals surface area contributed by atoms with Gasteiger partial charge in [-0.15, -0.1) is 0 Å². The molecule has 18 heavy (non-hydrogen) atoms. The van der Waals surface area contributed by atoms with Crippen LogP contribution in [0.25, 0.3) is 0 Å². The van der Waals surface area contributed by atoms with E-state index < -0.39 is 17.2 Å². The van der Waals surface area contributed by atoms with Crippen molar-refractivity contribution < 1.29 is 19.4 Å². The normalized spacial score (nSPS) is 19.3. The summed E-state index contributed by atoms with van der Waals surface area (Å²) in [6.45, 7) is 7.86. The average Bonchev–Trinajstić information content (AvgIpc) is 2.18. The van der Waals surface area contributed by atoms with Gasteiger partial charge in [0.2, 0.25) is 0 Å². The first-order valence-electron chi connectivity index (χ1n) is 5.94. The molecular weight excluding hydrogens is 232 g/mol. The number of benzene rings is 1. The molecule has 0 bridgehead atoms. The predicted octanol–water partition coefficient (Wildman–Crippen LogP) is 2.64. The fraction of sp³-hybridized carbons (Fsp3) is 0.500. The Morgan fingerprint density at radius 1 is 1.11 bits per heavy atom. The summed E-state index contributed by atoms with van der Waals surface area (Å²) in [7, 11) is 0. The van der Waals surface area contributed by atoms with Crippen LogP contribution in [-0.2, 0) is 11.2 Å². The van der Waals surface area contributed by atoms with Gasteiger partial charge in [0.25, 0.3) is 0 Å². The molecule has 0 aliphatic carbocycles. The highest BCUT2D eigenvalue weighted by Crippen LogP contribution is 2.43. The van der Waals surface area contributed by atoms with E-state index in [1.807, 2.05) is 27.7 Å². The van der Waals surface area contributed by atoms with E-state index in [4.69, 9.17) is 14.6 Å². The Morgan fingerprint density at radius 2 is 1.67 bits per heavy atom. The summed E-state index contributed by atoms with van der Waals surface area (Å²) in [6.07, 6.45) is -0.0134. The summed E-state index contributed by atoms with van der Waals surface area (Å²) < 4.78 is 11.9. The molecule has 1 aromatic rings. The highest BCUT2D eigenvalue weighted by atomic mass is 16.6. The van der Waals surface area contributed by atoms with E-state index in [0.717, 1.165) is 0 Å². The van der Waals surface area contributed by atoms with Crippen molar-refractivity contribution in [3.8, 4) is 11.5 Å². The summed E-state index contributed by atoms with van der Waals surface area (Å²) in [6, 6.07) is 5.26. The number of fused-ring (bicyclic) bond motifs is 1. The number of aliphatic carboxylic acids is 1. The third-order valence-corrected chi connectivity index (χ3v) is 3.54. The van der Waals surface area contributed by atoms with Gasteiger partial charge in [0.15, 0.2) is 11.5 Å². The van der Waals surface area contributed by atoms with Crippen molar-refractivity contribution in [2.45, 2.75) is 45.3 Å². The van der Waals surface area contributed by atoms with Gasteiger partial charge in [0.05, 0.1) is 6.42 Å². The van der Waals surface area contributed by atoms with Crippen LogP contribution < -0.4 is 9.47 Å². The molecular formula is C14H18O4. The molecule has 98 valence electrons. The fourth-order valence-electron chi connectivity index (χ4n) is 1.80. The van der Waals surface area contributed by atoms with Gasteiger partial charge in [-0.3, -0.25) is 4.79 Å². The van der Waals surface area contributed by atoms with Gasteiger partial charge in [-0.2, -0.15) is 0 Å². The second-order valence-corrected chi connectivity index (χ2v) is 5.58. The standard InChI is InChI=1S/C14H18O4/c1-13(2)14(3,4)18-11-7-9(8-12(15)16)5-6-10(11)17-13/h5-7H,8H2,1-4H3,(H,15,16). The lowest BCUT2D eigenvalue weighted by atomic mass is 9.87. The smallest absolute Gasteiger partial charge is 0.307 e. The number of carbonyl (C=O) groups is 1. The number of carboxylic acid groups (broad SMARTS) is 1. The Bertz CT molecular complexity index is 489. The fourth-order valence-corrected chi connectivity index (χ4v) is 1.80. The summed E-state index contributed by atoms with van der Waals surface area (Å²) in [5.41, 5.74) is -0.198. The van der Waals surface area contributed by atoms with Crippen LogP contribution in [0, 0.1) is 0 Å². The minimum absolute atomic E-state index is 0.0134. The molecule has 1 aliphatic rings. The molecule has 4 heteroatoms. The van der Waals surface area contributed by atoms with Crippen molar-refractivity contribution >= 4 is 5.97 Å². The van der Waals surface area contributed by atoms with Crippen LogP contribution in [0.3, 0.4) is 0 Å². The van der Waals surface area contributed by atoms with Crippen LogP contribution in [0.2, 0.25) is 0 Å². The van der Waals surface area contributed by atoms with E-state index >= 15 is 0 Å². The van der Waals surface area contributed by atoms with Crippen molar-refractivity contribution in [1.82, 2.24) is 0 Å². The molecule has 1 N–H and O–H groups in total. The average molecular weight is 250 g/mol. The Hall–Kier alpha value is -1.71. The van der Waals surface area contributed by atoms with Gasteiger partial charge in [0, 0.05) is 0 Å². The molecule has 0 fully saturated rings. The van der Waals surface area contributed by atoms with Crippen LogP contribution >= 0.6 is 0 Å². The zero-order valence-corrected chi connectivity index (χ0v) is 11.1. The Balaban J connectivity index is 2.36. The second-order valence-electron chi connectivity index (χ2n) is 5.58. The maximum atomic E-state index is 10.7. The lowest BCUT2D eigenvalue weighted by molar-refractivity contribution is -0.136. The summed E-state index contributed by atoms with van der Waals surface area (Å²) in [4.78, 5) is 10.7. The maximum Gasteiger partial charge on any atom is 0.307 e. The number of carboxylic acids is 1. The first-order valence-corrected chi connectivity index (χ1v) is 5.94. The number of ether oxygens (including phenoxy) is 2. The highest BCUT2D eigenvalue weighted by Gasteiger charge is 2.45. The molecule has 0 aromatic heterocycles. The van der Waals surface area contributed by atoms with Crippen molar-refractivity contribution in [2.75, 3.05) is 0 Å². The number of hydrogen-bond acceptors (Lipinski definition) is 3. The molecule has 4 nitrogen and oxygen atoms in total. The second kappa shape index (κ2) is 3.90.